The summed E-state index contributed by atoms with van der Waals surface area (Å²) in [4.78, 5) is 40.7. The van der Waals surface area contributed by atoms with Gasteiger partial charge in [-0.25, -0.2) is 13.8 Å². The molecule has 2 heterocycles. The molecule has 12 heteroatoms. The smallest absolute Gasteiger partial charge is 0.348 e. The molecule has 1 fully saturated rings. The highest BCUT2D eigenvalue weighted by Crippen LogP contribution is 2.54. The normalized spacial score (nSPS) is 21.1. The molecular weight excluding hydrogens is 462 g/mol. The predicted octanol–water partition coefficient (Wildman–Crippen LogP) is 4.60. The number of aromatic nitrogens is 2. The van der Waals surface area contributed by atoms with E-state index in [4.69, 9.17) is 4.74 Å². The number of rotatable bonds is 4. The maximum Gasteiger partial charge on any atom is 0.348 e. The van der Waals surface area contributed by atoms with Crippen LogP contribution in [0, 0.1) is 23.0 Å². The van der Waals surface area contributed by atoms with Crippen LogP contribution >= 0.6 is 0 Å². The summed E-state index contributed by atoms with van der Waals surface area (Å²) in [7, 11) is 0. The van der Waals surface area contributed by atoms with Crippen molar-refractivity contribution in [2.45, 2.75) is 31.8 Å². The van der Waals surface area contributed by atoms with E-state index in [1.54, 1.807) is 0 Å². The molecule has 2 atom stereocenters. The average Bonchev–Trinajstić information content (AvgIpc) is 3.43. The zero-order valence-corrected chi connectivity index (χ0v) is 17.4. The number of hydrogen-bond donors (Lipinski definition) is 0. The van der Waals surface area contributed by atoms with Crippen LogP contribution in [0.2, 0.25) is 0 Å². The molecule has 2 aliphatic rings. The number of fused-ring (bicyclic) bond motifs is 5. The van der Waals surface area contributed by atoms with E-state index in [0.29, 0.717) is 0 Å². The molecule has 0 N–H and O–H groups in total. The Bertz CT molecular complexity index is 1400. The molecule has 1 saturated heterocycles. The molecule has 1 aliphatic carbocycles. The average molecular weight is 477 g/mol. The molecular formula is C22H15F4N3O5. The number of ether oxygens (including phenoxy) is 1. The number of hydrogen-bond acceptors (Lipinski definition) is 6. The number of alkyl halides is 4. The van der Waals surface area contributed by atoms with E-state index in [1.807, 2.05) is 0 Å². The van der Waals surface area contributed by atoms with Crippen LogP contribution in [0.3, 0.4) is 0 Å². The van der Waals surface area contributed by atoms with Gasteiger partial charge in [0.2, 0.25) is 11.6 Å². The lowest BCUT2D eigenvalue weighted by atomic mass is 9.73. The second kappa shape index (κ2) is 7.42. The first-order valence-electron chi connectivity index (χ1n) is 10.2. The van der Waals surface area contributed by atoms with Crippen LogP contribution in [0.15, 0.2) is 30.5 Å². The summed E-state index contributed by atoms with van der Waals surface area (Å²) in [6.45, 7) is 1.19. The van der Waals surface area contributed by atoms with E-state index in [-0.39, 0.29) is 40.9 Å². The molecule has 2 aromatic carbocycles. The Morgan fingerprint density at radius 3 is 2.62 bits per heavy atom. The number of carbonyl (C=O) groups is 2. The lowest BCUT2D eigenvalue weighted by molar-refractivity contribution is -0.391. The maximum absolute atomic E-state index is 15.1. The van der Waals surface area contributed by atoms with Crippen LogP contribution in [-0.2, 0) is 4.74 Å². The van der Waals surface area contributed by atoms with Gasteiger partial charge in [0.15, 0.2) is 11.5 Å². The molecule has 0 bridgehead atoms. The highest BCUT2D eigenvalue weighted by atomic mass is 19.3. The SMILES string of the molecule is Cc1ncc([N+](=O)[O-])n1-c1c(C(=O)C(F)F)c2c(c3ccccc13)C(=O)C(F)(F)[C@H]1CCO[C@@H]21. The van der Waals surface area contributed by atoms with Crippen LogP contribution < -0.4 is 0 Å². The zero-order valence-electron chi connectivity index (χ0n) is 17.4. The molecule has 1 aromatic heterocycles. The van der Waals surface area contributed by atoms with Crippen molar-refractivity contribution in [1.82, 2.24) is 9.55 Å². The largest absolute Gasteiger partial charge is 0.373 e. The number of carbonyl (C=O) groups excluding carboxylic acids is 2. The Labute approximate surface area is 188 Å². The number of benzene rings is 2. The summed E-state index contributed by atoms with van der Waals surface area (Å²) < 4.78 is 64.3. The number of nitro groups is 1. The van der Waals surface area contributed by atoms with Gasteiger partial charge in [-0.05, 0) is 16.7 Å². The van der Waals surface area contributed by atoms with E-state index in [0.717, 1.165) is 10.8 Å². The Morgan fingerprint density at radius 1 is 1.29 bits per heavy atom. The maximum atomic E-state index is 15.1. The number of ketones is 2. The molecule has 8 nitrogen and oxygen atoms in total. The van der Waals surface area contributed by atoms with E-state index in [2.05, 4.69) is 4.98 Å². The van der Waals surface area contributed by atoms with Gasteiger partial charge in [0.1, 0.15) is 6.20 Å². The van der Waals surface area contributed by atoms with Crippen molar-refractivity contribution >= 4 is 28.2 Å². The molecule has 176 valence electrons. The first-order valence-corrected chi connectivity index (χ1v) is 10.2. The third kappa shape index (κ3) is 2.84. The first-order chi connectivity index (χ1) is 16.1. The first kappa shape index (κ1) is 22.1. The van der Waals surface area contributed by atoms with Crippen LogP contribution in [-0.4, -0.2) is 45.0 Å². The van der Waals surface area contributed by atoms with Crippen molar-refractivity contribution in [3.63, 3.8) is 0 Å². The van der Waals surface area contributed by atoms with Crippen molar-refractivity contribution in [3.8, 4) is 5.69 Å². The van der Waals surface area contributed by atoms with Crippen molar-refractivity contribution in [3.05, 3.63) is 63.1 Å². The molecule has 0 saturated carbocycles. The van der Waals surface area contributed by atoms with E-state index < -0.39 is 57.8 Å². The van der Waals surface area contributed by atoms with Gasteiger partial charge in [0.05, 0.1) is 17.6 Å². The van der Waals surface area contributed by atoms with Gasteiger partial charge in [0, 0.05) is 30.0 Å². The van der Waals surface area contributed by atoms with Crippen molar-refractivity contribution in [2.75, 3.05) is 6.61 Å². The molecule has 34 heavy (non-hydrogen) atoms. The third-order valence-electron chi connectivity index (χ3n) is 6.37. The minimum atomic E-state index is -3.85. The van der Waals surface area contributed by atoms with Gasteiger partial charge >= 0.3 is 18.2 Å². The van der Waals surface area contributed by atoms with Crippen LogP contribution in [0.25, 0.3) is 16.5 Å². The minimum absolute atomic E-state index is 0.00326. The zero-order chi connectivity index (χ0) is 24.5. The Hall–Kier alpha value is -3.67. The van der Waals surface area contributed by atoms with Crippen molar-refractivity contribution < 1.29 is 36.8 Å². The van der Waals surface area contributed by atoms with E-state index >= 15 is 8.78 Å². The van der Waals surface area contributed by atoms with Crippen LogP contribution in [0.5, 0.6) is 0 Å². The molecule has 0 amide bonds. The number of Topliss-reactive ketones (excluding diaryl/α,β-unsaturated/α-hetero) is 2. The molecule has 3 aromatic rings. The quantitative estimate of drug-likeness (QED) is 0.236. The lowest BCUT2D eigenvalue weighted by Gasteiger charge is -2.35. The summed E-state index contributed by atoms with van der Waals surface area (Å²) in [5.41, 5.74) is -2.06. The summed E-state index contributed by atoms with van der Waals surface area (Å²) in [6, 6.07) is 5.54. The molecule has 5 rings (SSSR count). The van der Waals surface area contributed by atoms with Crippen molar-refractivity contribution in [1.29, 1.82) is 0 Å². The Kier molecular flexibility index (Phi) is 4.83. The summed E-state index contributed by atoms with van der Waals surface area (Å²) in [6.07, 6.45) is -4.43. The monoisotopic (exact) mass is 477 g/mol. The number of imidazole rings is 1. The van der Waals surface area contributed by atoms with Crippen molar-refractivity contribution in [2.24, 2.45) is 5.92 Å². The second-order valence-corrected chi connectivity index (χ2v) is 8.12. The standard InChI is InChI=1S/C22H15F4N3O5/c1-9-27-8-13(29(32)33)28(9)17-11-5-3-2-4-10(11)14-15(16(17)18(30)21(23)24)19-12(6-7-34-19)22(25,26)20(14)31/h2-5,8,12,19,21H,6-7H2,1H3/t12-,19+/m0/s1. The number of nitrogens with zero attached hydrogens (tertiary/aromatic N) is 3. The Morgan fingerprint density at radius 2 is 1.97 bits per heavy atom. The van der Waals surface area contributed by atoms with Gasteiger partial charge in [-0.2, -0.15) is 13.3 Å². The minimum Gasteiger partial charge on any atom is -0.373 e. The second-order valence-electron chi connectivity index (χ2n) is 8.12. The predicted molar refractivity (Wildman–Crippen MR) is 109 cm³/mol. The molecule has 0 radical (unpaired) electrons. The van der Waals surface area contributed by atoms with E-state index in [1.165, 1.54) is 31.2 Å². The Balaban J connectivity index is 2.04. The topological polar surface area (TPSA) is 104 Å². The van der Waals surface area contributed by atoms with Crippen LogP contribution in [0.4, 0.5) is 23.4 Å². The lowest BCUT2D eigenvalue weighted by Crippen LogP contribution is -2.44. The van der Waals surface area contributed by atoms with Gasteiger partial charge in [-0.1, -0.05) is 24.3 Å². The third-order valence-corrected chi connectivity index (χ3v) is 6.37. The van der Waals surface area contributed by atoms with E-state index in [9.17, 15) is 28.5 Å². The van der Waals surface area contributed by atoms with Gasteiger partial charge < -0.3 is 14.9 Å². The fourth-order valence-corrected chi connectivity index (χ4v) is 4.98. The molecule has 1 aliphatic heterocycles. The van der Waals surface area contributed by atoms with Gasteiger partial charge in [-0.15, -0.1) is 0 Å². The van der Waals surface area contributed by atoms with Crippen LogP contribution in [0.1, 0.15) is 44.6 Å². The summed E-state index contributed by atoms with van der Waals surface area (Å²) in [5.74, 6) is -9.49. The fraction of sp³-hybridized carbons (Fsp3) is 0.318. The highest BCUT2D eigenvalue weighted by molar-refractivity contribution is 6.20. The molecule has 0 spiro atoms. The molecule has 0 unspecified atom stereocenters. The fourth-order valence-electron chi connectivity index (χ4n) is 4.98. The van der Waals surface area contributed by atoms with Gasteiger partial charge in [0.25, 0.3) is 0 Å². The number of halogens is 4. The van der Waals surface area contributed by atoms with Gasteiger partial charge in [-0.3, -0.25) is 9.59 Å². The highest BCUT2D eigenvalue weighted by Gasteiger charge is 2.60. The summed E-state index contributed by atoms with van der Waals surface area (Å²) >= 11 is 0. The number of aryl methyl sites for hydroxylation is 1. The summed E-state index contributed by atoms with van der Waals surface area (Å²) in [5, 5.41) is 11.6.